The second kappa shape index (κ2) is 3.94. The van der Waals surface area contributed by atoms with Crippen LogP contribution in [0.25, 0.3) is 0 Å². The van der Waals surface area contributed by atoms with Crippen molar-refractivity contribution in [2.24, 2.45) is 0 Å². The first-order chi connectivity index (χ1) is 7.16. The number of hydrogen-bond donors (Lipinski definition) is 1. The Labute approximate surface area is 87.1 Å². The third-order valence-electron chi connectivity index (χ3n) is 2.34. The Morgan fingerprint density at radius 1 is 1.60 bits per heavy atom. The Morgan fingerprint density at radius 3 is 3.00 bits per heavy atom. The predicted octanol–water partition coefficient (Wildman–Crippen LogP) is 1.33. The van der Waals surface area contributed by atoms with Gasteiger partial charge >= 0.3 is 5.97 Å². The van der Waals surface area contributed by atoms with Gasteiger partial charge in [-0.15, -0.1) is 0 Å². The van der Waals surface area contributed by atoms with Crippen molar-refractivity contribution in [2.75, 3.05) is 6.61 Å². The average molecular weight is 208 g/mol. The summed E-state index contributed by atoms with van der Waals surface area (Å²) in [7, 11) is 0. The van der Waals surface area contributed by atoms with E-state index in [2.05, 4.69) is 9.97 Å². The first-order valence-corrected chi connectivity index (χ1v) is 4.87. The van der Waals surface area contributed by atoms with Crippen LogP contribution in [0.4, 0.5) is 0 Å². The fourth-order valence-electron chi connectivity index (χ4n) is 1.68. The molecular formula is C10H12N2O3. The average Bonchev–Trinajstić information content (AvgIpc) is 2.69. The normalized spacial score (nSPS) is 20.5. The number of carboxylic acids is 1. The van der Waals surface area contributed by atoms with Crippen molar-refractivity contribution in [3.05, 3.63) is 23.3 Å². The van der Waals surface area contributed by atoms with Crippen LogP contribution in [0.2, 0.25) is 0 Å². The molecule has 1 fully saturated rings. The summed E-state index contributed by atoms with van der Waals surface area (Å²) < 4.78 is 5.45. The van der Waals surface area contributed by atoms with Gasteiger partial charge in [-0.1, -0.05) is 0 Å². The molecule has 0 saturated carbocycles. The third kappa shape index (κ3) is 2.12. The molecule has 5 heteroatoms. The minimum atomic E-state index is -1.03. The van der Waals surface area contributed by atoms with E-state index in [4.69, 9.17) is 9.84 Å². The lowest BCUT2D eigenvalue weighted by Gasteiger charge is -2.09. The van der Waals surface area contributed by atoms with Crippen LogP contribution >= 0.6 is 0 Å². The Balaban J connectivity index is 2.34. The molecule has 0 bridgehead atoms. The van der Waals surface area contributed by atoms with Crippen LogP contribution in [0, 0.1) is 6.92 Å². The zero-order valence-electron chi connectivity index (χ0n) is 8.43. The van der Waals surface area contributed by atoms with Crippen LogP contribution in [0.1, 0.15) is 41.0 Å². The van der Waals surface area contributed by atoms with Crippen molar-refractivity contribution in [1.29, 1.82) is 0 Å². The zero-order chi connectivity index (χ0) is 10.8. The van der Waals surface area contributed by atoms with Crippen molar-refractivity contribution < 1.29 is 14.6 Å². The highest BCUT2D eigenvalue weighted by Crippen LogP contribution is 2.27. The van der Waals surface area contributed by atoms with E-state index < -0.39 is 5.97 Å². The van der Waals surface area contributed by atoms with Crippen LogP contribution in [-0.4, -0.2) is 27.7 Å². The van der Waals surface area contributed by atoms with Gasteiger partial charge in [0.1, 0.15) is 5.82 Å². The highest BCUT2D eigenvalue weighted by Gasteiger charge is 2.21. The standard InChI is InChI=1S/C10H12N2O3/c1-6-11-7(9-3-2-4-15-9)5-8(12-6)10(13)14/h5,9H,2-4H2,1H3,(H,13,14)/t9-/m0/s1. The molecule has 80 valence electrons. The van der Waals surface area contributed by atoms with Gasteiger partial charge in [0.05, 0.1) is 11.8 Å². The summed E-state index contributed by atoms with van der Waals surface area (Å²) in [5.41, 5.74) is 0.713. The van der Waals surface area contributed by atoms with Gasteiger partial charge in [-0.3, -0.25) is 0 Å². The van der Waals surface area contributed by atoms with Gasteiger partial charge in [0.2, 0.25) is 0 Å². The molecule has 0 unspecified atom stereocenters. The van der Waals surface area contributed by atoms with Gasteiger partial charge in [-0.25, -0.2) is 14.8 Å². The zero-order valence-corrected chi connectivity index (χ0v) is 8.43. The summed E-state index contributed by atoms with van der Waals surface area (Å²) >= 11 is 0. The molecule has 0 spiro atoms. The highest BCUT2D eigenvalue weighted by atomic mass is 16.5. The van der Waals surface area contributed by atoms with E-state index in [0.717, 1.165) is 19.4 Å². The maximum Gasteiger partial charge on any atom is 0.354 e. The molecule has 1 atom stereocenters. The highest BCUT2D eigenvalue weighted by molar-refractivity contribution is 5.85. The number of hydrogen-bond acceptors (Lipinski definition) is 4. The summed E-state index contributed by atoms with van der Waals surface area (Å²) in [4.78, 5) is 18.8. The molecule has 2 heterocycles. The van der Waals surface area contributed by atoms with Crippen LogP contribution in [-0.2, 0) is 4.74 Å². The first kappa shape index (κ1) is 10.0. The molecule has 1 aromatic heterocycles. The van der Waals surface area contributed by atoms with Crippen LogP contribution in [0.15, 0.2) is 6.07 Å². The second-order valence-electron chi connectivity index (χ2n) is 3.53. The van der Waals surface area contributed by atoms with E-state index in [9.17, 15) is 4.79 Å². The first-order valence-electron chi connectivity index (χ1n) is 4.87. The smallest absolute Gasteiger partial charge is 0.354 e. The summed E-state index contributed by atoms with van der Waals surface area (Å²) in [6.07, 6.45) is 1.83. The number of rotatable bonds is 2. The van der Waals surface area contributed by atoms with Crippen molar-refractivity contribution >= 4 is 5.97 Å². The molecule has 1 N–H and O–H groups in total. The van der Waals surface area contributed by atoms with Crippen LogP contribution in [0.5, 0.6) is 0 Å². The minimum Gasteiger partial charge on any atom is -0.477 e. The van der Waals surface area contributed by atoms with Gasteiger partial charge in [-0.05, 0) is 25.8 Å². The van der Waals surface area contributed by atoms with Gasteiger partial charge < -0.3 is 9.84 Å². The SMILES string of the molecule is Cc1nc(C(=O)O)cc([C@@H]2CCCO2)n1. The predicted molar refractivity (Wildman–Crippen MR) is 51.7 cm³/mol. The Kier molecular flexibility index (Phi) is 2.64. The van der Waals surface area contributed by atoms with Gasteiger partial charge in [-0.2, -0.15) is 0 Å². The fourth-order valence-corrected chi connectivity index (χ4v) is 1.68. The van der Waals surface area contributed by atoms with E-state index in [1.54, 1.807) is 6.92 Å². The number of carbonyl (C=O) groups is 1. The molecular weight excluding hydrogens is 196 g/mol. The molecule has 1 saturated heterocycles. The van der Waals surface area contributed by atoms with E-state index in [1.807, 2.05) is 0 Å². The molecule has 1 aliphatic heterocycles. The summed E-state index contributed by atoms with van der Waals surface area (Å²) in [5.74, 6) is -0.555. The quantitative estimate of drug-likeness (QED) is 0.793. The molecule has 2 rings (SSSR count). The van der Waals surface area contributed by atoms with E-state index in [-0.39, 0.29) is 11.8 Å². The van der Waals surface area contributed by atoms with Crippen molar-refractivity contribution in [3.63, 3.8) is 0 Å². The lowest BCUT2D eigenvalue weighted by molar-refractivity contribution is 0.0688. The van der Waals surface area contributed by atoms with E-state index >= 15 is 0 Å². The third-order valence-corrected chi connectivity index (χ3v) is 2.34. The monoisotopic (exact) mass is 208 g/mol. The minimum absolute atomic E-state index is 0.0352. The summed E-state index contributed by atoms with van der Waals surface area (Å²) in [6, 6.07) is 1.49. The molecule has 0 aromatic carbocycles. The molecule has 1 aromatic rings. The van der Waals surface area contributed by atoms with Gasteiger partial charge in [0.15, 0.2) is 5.69 Å². The number of aromatic carboxylic acids is 1. The summed E-state index contributed by atoms with van der Waals surface area (Å²) in [6.45, 7) is 2.40. The number of aromatic nitrogens is 2. The Hall–Kier alpha value is -1.49. The molecule has 0 amide bonds. The number of ether oxygens (including phenoxy) is 1. The van der Waals surface area contributed by atoms with Crippen LogP contribution < -0.4 is 0 Å². The number of aryl methyl sites for hydroxylation is 1. The van der Waals surface area contributed by atoms with E-state index in [1.165, 1.54) is 6.07 Å². The van der Waals surface area contributed by atoms with Crippen LogP contribution in [0.3, 0.4) is 0 Å². The van der Waals surface area contributed by atoms with Gasteiger partial charge in [0, 0.05) is 6.61 Å². The Morgan fingerprint density at radius 2 is 2.40 bits per heavy atom. The van der Waals surface area contributed by atoms with Crippen molar-refractivity contribution in [1.82, 2.24) is 9.97 Å². The summed E-state index contributed by atoms with van der Waals surface area (Å²) in [5, 5.41) is 8.85. The topological polar surface area (TPSA) is 72.3 Å². The van der Waals surface area contributed by atoms with Crippen molar-refractivity contribution in [2.45, 2.75) is 25.9 Å². The van der Waals surface area contributed by atoms with Gasteiger partial charge in [0.25, 0.3) is 0 Å². The fraction of sp³-hybridized carbons (Fsp3) is 0.500. The maximum absolute atomic E-state index is 10.8. The van der Waals surface area contributed by atoms with E-state index in [0.29, 0.717) is 11.5 Å². The molecule has 0 aliphatic carbocycles. The molecule has 1 aliphatic rings. The molecule has 15 heavy (non-hydrogen) atoms. The lowest BCUT2D eigenvalue weighted by atomic mass is 10.1. The number of carboxylic acid groups (broad SMARTS) is 1. The lowest BCUT2D eigenvalue weighted by Crippen LogP contribution is -2.08. The maximum atomic E-state index is 10.8. The molecule has 5 nitrogen and oxygen atoms in total. The largest absolute Gasteiger partial charge is 0.477 e. The second-order valence-corrected chi connectivity index (χ2v) is 3.53. The Bertz CT molecular complexity index is 386. The van der Waals surface area contributed by atoms with Crippen molar-refractivity contribution in [3.8, 4) is 0 Å². The molecule has 0 radical (unpaired) electrons. The number of nitrogens with zero attached hydrogens (tertiary/aromatic N) is 2.